The van der Waals surface area contributed by atoms with Crippen LogP contribution in [0.5, 0.6) is 0 Å². The molecule has 0 fully saturated rings. The Labute approximate surface area is 227 Å². The van der Waals surface area contributed by atoms with Gasteiger partial charge in [0.05, 0.1) is 15.8 Å². The van der Waals surface area contributed by atoms with Gasteiger partial charge in [0.2, 0.25) is 5.91 Å². The average molecular weight is 539 g/mol. The van der Waals surface area contributed by atoms with E-state index < -0.39 is 0 Å². The van der Waals surface area contributed by atoms with Crippen molar-refractivity contribution in [2.24, 2.45) is 4.99 Å². The minimum atomic E-state index is 0.0774. The van der Waals surface area contributed by atoms with Crippen LogP contribution in [0.4, 0.5) is 0 Å². The molecule has 3 aromatic rings. The second-order valence-electron chi connectivity index (χ2n) is 8.01. The van der Waals surface area contributed by atoms with Crippen molar-refractivity contribution in [2.75, 3.05) is 6.54 Å². The van der Waals surface area contributed by atoms with Crippen LogP contribution in [0.15, 0.2) is 100 Å². The molecule has 1 aromatic heterocycles. The number of rotatable bonds is 7. The topological polar surface area (TPSA) is 54.4 Å². The number of hydrogen-bond donors (Lipinski definition) is 1. The number of amides is 1. The molecule has 0 saturated carbocycles. The summed E-state index contributed by atoms with van der Waals surface area (Å²) in [5.41, 5.74) is 5.14. The summed E-state index contributed by atoms with van der Waals surface area (Å²) in [7, 11) is 0. The molecular formula is C29H29Cl2N3OS. The highest BCUT2D eigenvalue weighted by Gasteiger charge is 2.15. The molecule has 0 bridgehead atoms. The number of nitrogens with zero attached hydrogens (tertiary/aromatic N) is 2. The molecule has 0 aliphatic carbocycles. The number of carbonyl (C=O) groups is 1. The molecular weight excluding hydrogens is 509 g/mol. The number of hydrogen-bond acceptors (Lipinski definition) is 4. The summed E-state index contributed by atoms with van der Waals surface area (Å²) in [5, 5.41) is 6.03. The van der Waals surface area contributed by atoms with Crippen LogP contribution >= 0.6 is 35.0 Å². The summed E-state index contributed by atoms with van der Waals surface area (Å²) in [5.74, 6) is 0.0774. The Kier molecular flexibility index (Phi) is 11.3. The van der Waals surface area contributed by atoms with Crippen LogP contribution in [0.25, 0.3) is 0 Å². The van der Waals surface area contributed by atoms with Gasteiger partial charge in [-0.2, -0.15) is 0 Å². The predicted octanol–water partition coefficient (Wildman–Crippen LogP) is 7.89. The van der Waals surface area contributed by atoms with Crippen LogP contribution < -0.4 is 5.32 Å². The zero-order valence-electron chi connectivity index (χ0n) is 20.4. The molecule has 4 nitrogen and oxygen atoms in total. The van der Waals surface area contributed by atoms with Gasteiger partial charge in [-0.25, -0.2) is 0 Å². The van der Waals surface area contributed by atoms with Gasteiger partial charge in [-0.3, -0.25) is 14.8 Å². The Morgan fingerprint density at radius 1 is 1.06 bits per heavy atom. The smallest absolute Gasteiger partial charge is 0.223 e. The molecule has 0 radical (unpaired) electrons. The van der Waals surface area contributed by atoms with Crippen LogP contribution in [0.2, 0.25) is 10.0 Å². The van der Waals surface area contributed by atoms with E-state index in [0.29, 0.717) is 23.0 Å². The highest BCUT2D eigenvalue weighted by molar-refractivity contribution is 8.02. The maximum Gasteiger partial charge on any atom is 0.223 e. The second kappa shape index (κ2) is 14.6. The fraction of sp³-hybridized carbons (Fsp3) is 0.207. The first-order valence-corrected chi connectivity index (χ1v) is 13.4. The number of benzene rings is 2. The third-order valence-corrected chi connectivity index (χ3v) is 6.95. The fourth-order valence-electron chi connectivity index (χ4n) is 3.36. The Bertz CT molecular complexity index is 1260. The lowest BCUT2D eigenvalue weighted by atomic mass is 10.0. The minimum absolute atomic E-state index is 0.0774. The Hall–Kier alpha value is -2.86. The van der Waals surface area contributed by atoms with Gasteiger partial charge in [-0.05, 0) is 55.0 Å². The molecule has 186 valence electrons. The highest BCUT2D eigenvalue weighted by Crippen LogP contribution is 2.32. The molecule has 1 aliphatic heterocycles. The number of pyridine rings is 1. The van der Waals surface area contributed by atoms with Crippen LogP contribution in [0, 0.1) is 0 Å². The first kappa shape index (κ1) is 27.7. The molecule has 36 heavy (non-hydrogen) atoms. The van der Waals surface area contributed by atoms with Gasteiger partial charge in [0, 0.05) is 47.1 Å². The van der Waals surface area contributed by atoms with Gasteiger partial charge < -0.3 is 5.32 Å². The van der Waals surface area contributed by atoms with Crippen molar-refractivity contribution in [1.29, 1.82) is 0 Å². The Morgan fingerprint density at radius 3 is 2.64 bits per heavy atom. The van der Waals surface area contributed by atoms with Crippen molar-refractivity contribution in [3.63, 3.8) is 0 Å². The van der Waals surface area contributed by atoms with Crippen molar-refractivity contribution >= 4 is 46.6 Å². The lowest BCUT2D eigenvalue weighted by molar-refractivity contribution is -0.120. The first-order valence-electron chi connectivity index (χ1n) is 11.8. The maximum atomic E-state index is 11.3. The predicted molar refractivity (Wildman–Crippen MR) is 153 cm³/mol. The van der Waals surface area contributed by atoms with E-state index in [1.165, 1.54) is 4.90 Å². The van der Waals surface area contributed by atoms with Gasteiger partial charge in [-0.1, -0.05) is 84.4 Å². The molecule has 1 aliphatic rings. The fourth-order valence-corrected chi connectivity index (χ4v) is 4.46. The van der Waals surface area contributed by atoms with E-state index in [4.69, 9.17) is 28.2 Å². The largest absolute Gasteiger partial charge is 0.356 e. The third kappa shape index (κ3) is 8.66. The third-order valence-electron chi connectivity index (χ3n) is 5.14. The molecule has 2 heterocycles. The van der Waals surface area contributed by atoms with Crippen LogP contribution in [0.1, 0.15) is 43.4 Å². The first-order chi connectivity index (χ1) is 17.5. The lowest BCUT2D eigenvalue weighted by Gasteiger charge is -2.10. The molecule has 0 atom stereocenters. The summed E-state index contributed by atoms with van der Waals surface area (Å²) in [6, 6.07) is 17.8. The van der Waals surface area contributed by atoms with E-state index in [1.54, 1.807) is 24.0 Å². The summed E-state index contributed by atoms with van der Waals surface area (Å²) in [4.78, 5) is 21.3. The number of thioether (sulfide) groups is 1. The zero-order valence-corrected chi connectivity index (χ0v) is 22.7. The standard InChI is InChI=1S/C16H11Cl2NS.C13H18N2O/c1-10-9-20-15-5-3-2-4-12(15)16(19-10)11-6-7-13(17)14(18)8-11;1-2-3-4-7-13(16)15-10-8-12-6-5-9-14-11-12/h2-9H,1H3;3-6,9,11H,2,7-8,10H2,1H3,(H,15,16)/b;4-3-. The van der Waals surface area contributed by atoms with Gasteiger partial charge in [-0.15, -0.1) is 0 Å². The van der Waals surface area contributed by atoms with Gasteiger partial charge in [0.15, 0.2) is 0 Å². The van der Waals surface area contributed by atoms with Gasteiger partial charge in [0.1, 0.15) is 0 Å². The number of fused-ring (bicyclic) bond motifs is 1. The number of aliphatic imine (C=N–C) groups is 1. The van der Waals surface area contributed by atoms with Crippen LogP contribution in [0.3, 0.4) is 0 Å². The minimum Gasteiger partial charge on any atom is -0.356 e. The van der Waals surface area contributed by atoms with E-state index >= 15 is 0 Å². The van der Waals surface area contributed by atoms with Crippen molar-refractivity contribution < 1.29 is 4.79 Å². The summed E-state index contributed by atoms with van der Waals surface area (Å²) in [6.07, 6.45) is 9.75. The van der Waals surface area contributed by atoms with E-state index in [0.717, 1.165) is 40.9 Å². The number of aromatic nitrogens is 1. The maximum absolute atomic E-state index is 11.3. The van der Waals surface area contributed by atoms with Crippen LogP contribution in [-0.2, 0) is 11.2 Å². The Morgan fingerprint density at radius 2 is 1.89 bits per heavy atom. The van der Waals surface area contributed by atoms with Gasteiger partial charge >= 0.3 is 0 Å². The second-order valence-corrected chi connectivity index (χ2v) is 9.73. The molecule has 0 spiro atoms. The molecule has 2 aromatic carbocycles. The van der Waals surface area contributed by atoms with E-state index in [9.17, 15) is 4.79 Å². The van der Waals surface area contributed by atoms with Crippen molar-refractivity contribution in [3.8, 4) is 0 Å². The van der Waals surface area contributed by atoms with Crippen molar-refractivity contribution in [1.82, 2.24) is 10.3 Å². The molecule has 4 rings (SSSR count). The molecule has 0 saturated heterocycles. The molecule has 7 heteroatoms. The summed E-state index contributed by atoms with van der Waals surface area (Å²) >= 11 is 13.8. The number of allylic oxidation sites excluding steroid dienone is 2. The molecule has 1 amide bonds. The zero-order chi connectivity index (χ0) is 25.8. The van der Waals surface area contributed by atoms with Crippen LogP contribution in [-0.4, -0.2) is 23.1 Å². The summed E-state index contributed by atoms with van der Waals surface area (Å²) < 4.78 is 0. The normalized spacial score (nSPS) is 12.6. The number of carbonyl (C=O) groups excluding carboxylic acids is 1. The van der Waals surface area contributed by atoms with E-state index in [1.807, 2.05) is 61.7 Å². The molecule has 1 N–H and O–H groups in total. The van der Waals surface area contributed by atoms with Gasteiger partial charge in [0.25, 0.3) is 0 Å². The van der Waals surface area contributed by atoms with Crippen molar-refractivity contribution in [2.45, 2.75) is 38.0 Å². The van der Waals surface area contributed by atoms with Crippen molar-refractivity contribution in [3.05, 3.63) is 117 Å². The lowest BCUT2D eigenvalue weighted by Crippen LogP contribution is -2.24. The average Bonchev–Trinajstić information content (AvgIpc) is 3.06. The van der Waals surface area contributed by atoms with E-state index in [2.05, 4.69) is 34.8 Å². The highest BCUT2D eigenvalue weighted by atomic mass is 35.5. The van der Waals surface area contributed by atoms with E-state index in [-0.39, 0.29) is 5.91 Å². The quantitative estimate of drug-likeness (QED) is 0.311. The molecule has 0 unspecified atom stereocenters. The number of nitrogens with one attached hydrogen (secondary N) is 1. The monoisotopic (exact) mass is 537 g/mol. The summed E-state index contributed by atoms with van der Waals surface area (Å²) in [6.45, 7) is 4.72. The SMILES string of the molecule is CC/C=C\CC(=O)NCCc1cccnc1.CC1=CSc2ccccc2C(c2ccc(Cl)c(Cl)c2)=N1. The number of halogens is 2. The Balaban J connectivity index is 0.000000207.